The Kier molecular flexibility index (Phi) is 6.89. The first-order valence-electron chi connectivity index (χ1n) is 13.5. The molecule has 0 N–H and O–H groups in total. The second-order valence-electron chi connectivity index (χ2n) is 10.2. The minimum absolute atomic E-state index is 0.0479. The van der Waals surface area contributed by atoms with Crippen molar-refractivity contribution in [1.82, 2.24) is 4.90 Å². The molecule has 7 heteroatoms. The molecule has 1 spiro atoms. The van der Waals surface area contributed by atoms with Crippen LogP contribution < -0.4 is 14.5 Å². The lowest BCUT2D eigenvalue weighted by molar-refractivity contribution is -0.124. The summed E-state index contributed by atoms with van der Waals surface area (Å²) in [4.78, 5) is 32.5. The quantitative estimate of drug-likeness (QED) is 0.360. The van der Waals surface area contributed by atoms with Gasteiger partial charge in [-0.3, -0.25) is 24.3 Å². The maximum atomic E-state index is 14.4. The molecule has 1 saturated heterocycles. The predicted molar refractivity (Wildman–Crippen MR) is 152 cm³/mol. The van der Waals surface area contributed by atoms with Crippen molar-refractivity contribution in [3.05, 3.63) is 89.5 Å². The fraction of sp³-hybridized carbons (Fsp3) is 0.355. The van der Waals surface area contributed by atoms with Gasteiger partial charge in [0.15, 0.2) is 0 Å². The second-order valence-corrected chi connectivity index (χ2v) is 11.3. The van der Waals surface area contributed by atoms with Crippen LogP contribution in [0.5, 0.6) is 5.75 Å². The normalized spacial score (nSPS) is 20.8. The van der Waals surface area contributed by atoms with E-state index in [4.69, 9.17) is 4.74 Å². The third-order valence-corrected chi connectivity index (χ3v) is 9.11. The van der Waals surface area contributed by atoms with Crippen molar-refractivity contribution in [1.29, 1.82) is 0 Å². The number of thioether (sulfide) groups is 1. The summed E-state index contributed by atoms with van der Waals surface area (Å²) in [6, 6.07) is 24.1. The zero-order valence-corrected chi connectivity index (χ0v) is 22.6. The zero-order valence-electron chi connectivity index (χ0n) is 21.8. The number of unbranched alkanes of at least 4 members (excludes halogenated alkanes) is 2. The molecule has 6 nitrogen and oxygen atoms in total. The number of amides is 2. The highest BCUT2D eigenvalue weighted by Gasteiger charge is 2.61. The van der Waals surface area contributed by atoms with Crippen molar-refractivity contribution in [2.45, 2.75) is 44.0 Å². The fourth-order valence-corrected chi connectivity index (χ4v) is 7.16. The molecule has 0 aliphatic carbocycles. The van der Waals surface area contributed by atoms with Gasteiger partial charge < -0.3 is 4.74 Å². The van der Waals surface area contributed by atoms with Crippen LogP contribution >= 0.6 is 11.8 Å². The molecular formula is C31H33N3O3S. The maximum absolute atomic E-state index is 14.4. The van der Waals surface area contributed by atoms with E-state index in [-0.39, 0.29) is 17.6 Å². The van der Waals surface area contributed by atoms with Crippen LogP contribution in [0.4, 0.5) is 11.4 Å². The highest BCUT2D eigenvalue weighted by atomic mass is 32.2. The van der Waals surface area contributed by atoms with Crippen molar-refractivity contribution in [2.75, 3.05) is 35.4 Å². The molecule has 0 saturated carbocycles. The van der Waals surface area contributed by atoms with Gasteiger partial charge in [0.2, 0.25) is 10.8 Å². The number of carbonyl (C=O) groups is 2. The molecule has 3 aliphatic rings. The average molecular weight is 528 g/mol. The molecule has 3 aromatic carbocycles. The van der Waals surface area contributed by atoms with Gasteiger partial charge in [-0.05, 0) is 54.3 Å². The minimum atomic E-state index is -1.09. The summed E-state index contributed by atoms with van der Waals surface area (Å²) in [5.41, 5.74) is 5.20. The van der Waals surface area contributed by atoms with Gasteiger partial charge in [0, 0.05) is 24.3 Å². The number of hydrogen-bond donors (Lipinski definition) is 0. The third-order valence-electron chi connectivity index (χ3n) is 7.73. The number of benzene rings is 3. The molecular weight excluding hydrogens is 494 g/mol. The van der Waals surface area contributed by atoms with Crippen LogP contribution in [0.3, 0.4) is 0 Å². The molecule has 3 heterocycles. The molecule has 1 atom stereocenters. The molecule has 3 aliphatic heterocycles. The number of hydrogen-bond acceptors (Lipinski definition) is 5. The van der Waals surface area contributed by atoms with Crippen LogP contribution in [0.2, 0.25) is 0 Å². The molecule has 0 aromatic heterocycles. The van der Waals surface area contributed by atoms with Crippen LogP contribution in [0, 0.1) is 0 Å². The Morgan fingerprint density at radius 3 is 2.50 bits per heavy atom. The number of ether oxygens (including phenoxy) is 1. The highest BCUT2D eigenvalue weighted by Crippen LogP contribution is 2.55. The Hall–Kier alpha value is -3.29. The van der Waals surface area contributed by atoms with Gasteiger partial charge in [-0.2, -0.15) is 0 Å². The molecule has 196 valence electrons. The topological polar surface area (TPSA) is 53.1 Å². The van der Waals surface area contributed by atoms with Gasteiger partial charge in [-0.1, -0.05) is 62.2 Å². The predicted octanol–water partition coefficient (Wildman–Crippen LogP) is 5.55. The number of carbonyl (C=O) groups excluding carboxylic acids is 2. The summed E-state index contributed by atoms with van der Waals surface area (Å²) in [6.07, 6.45) is 4.28. The Morgan fingerprint density at radius 1 is 0.921 bits per heavy atom. The Morgan fingerprint density at radius 2 is 1.68 bits per heavy atom. The Labute approximate surface area is 228 Å². The molecule has 1 fully saturated rings. The average Bonchev–Trinajstić information content (AvgIpc) is 3.42. The van der Waals surface area contributed by atoms with Crippen LogP contribution in [0.15, 0.2) is 72.8 Å². The monoisotopic (exact) mass is 527 g/mol. The largest absolute Gasteiger partial charge is 0.494 e. The summed E-state index contributed by atoms with van der Waals surface area (Å²) in [5.74, 6) is 0.945. The van der Waals surface area contributed by atoms with Crippen LogP contribution in [0.25, 0.3) is 0 Å². The SMILES string of the molecule is CCCCCOc1ccc(N2C(=O)CSC23C(=O)N(CN2CCc4ccccc4C2)c2ccccc23)cc1. The second kappa shape index (κ2) is 10.5. The van der Waals surface area contributed by atoms with Gasteiger partial charge in [-0.15, -0.1) is 11.8 Å². The van der Waals surface area contributed by atoms with E-state index in [1.807, 2.05) is 53.4 Å². The van der Waals surface area contributed by atoms with Gasteiger partial charge >= 0.3 is 0 Å². The first-order valence-corrected chi connectivity index (χ1v) is 14.5. The molecule has 0 bridgehead atoms. The van der Waals surface area contributed by atoms with Gasteiger partial charge in [0.25, 0.3) is 5.91 Å². The lowest BCUT2D eigenvalue weighted by Crippen LogP contribution is -2.52. The van der Waals surface area contributed by atoms with Gasteiger partial charge in [-0.25, -0.2) is 0 Å². The fourth-order valence-electron chi connectivity index (χ4n) is 5.80. The first-order chi connectivity index (χ1) is 18.6. The summed E-state index contributed by atoms with van der Waals surface area (Å²) in [5, 5.41) is 0. The van der Waals surface area contributed by atoms with Crippen molar-refractivity contribution in [3.63, 3.8) is 0 Å². The maximum Gasteiger partial charge on any atom is 0.269 e. The van der Waals surface area contributed by atoms with Gasteiger partial charge in [0.1, 0.15) is 5.75 Å². The number of rotatable bonds is 8. The number of para-hydroxylation sites is 1. The van der Waals surface area contributed by atoms with Crippen molar-refractivity contribution in [3.8, 4) is 5.75 Å². The third kappa shape index (κ3) is 4.28. The van der Waals surface area contributed by atoms with Gasteiger partial charge in [0.05, 0.1) is 24.7 Å². The zero-order chi connectivity index (χ0) is 26.1. The van der Waals surface area contributed by atoms with E-state index in [9.17, 15) is 9.59 Å². The molecule has 2 amide bonds. The lowest BCUT2D eigenvalue weighted by atomic mass is 10.0. The molecule has 0 radical (unpaired) electrons. The smallest absolute Gasteiger partial charge is 0.269 e. The van der Waals surface area contributed by atoms with E-state index in [2.05, 4.69) is 36.1 Å². The molecule has 3 aromatic rings. The first kappa shape index (κ1) is 25.0. The summed E-state index contributed by atoms with van der Waals surface area (Å²) >= 11 is 1.43. The molecule has 38 heavy (non-hydrogen) atoms. The highest BCUT2D eigenvalue weighted by molar-refractivity contribution is 8.02. The Balaban J connectivity index is 1.28. The van der Waals surface area contributed by atoms with Crippen molar-refractivity contribution >= 4 is 35.0 Å². The van der Waals surface area contributed by atoms with Crippen LogP contribution in [0.1, 0.15) is 42.9 Å². The summed E-state index contributed by atoms with van der Waals surface area (Å²) in [7, 11) is 0. The Bertz CT molecular complexity index is 1340. The minimum Gasteiger partial charge on any atom is -0.494 e. The van der Waals surface area contributed by atoms with E-state index >= 15 is 0 Å². The summed E-state index contributed by atoms with van der Waals surface area (Å²) < 4.78 is 5.88. The van der Waals surface area contributed by atoms with E-state index in [0.29, 0.717) is 13.3 Å². The molecule has 1 unspecified atom stereocenters. The van der Waals surface area contributed by atoms with Crippen molar-refractivity contribution in [2.24, 2.45) is 0 Å². The number of fused-ring (bicyclic) bond motifs is 3. The standard InChI is InChI=1S/C31H33N3O3S/c1-2-3-8-19-37-26-15-13-25(14-16-26)34-29(35)21-38-31(34)27-11-6-7-12-28(27)33(30(31)36)22-32-18-17-23-9-4-5-10-24(23)20-32/h4-7,9-16H,2-3,8,17-22H2,1H3. The van der Waals surface area contributed by atoms with E-state index in [1.165, 1.54) is 22.9 Å². The van der Waals surface area contributed by atoms with Crippen molar-refractivity contribution < 1.29 is 14.3 Å². The number of anilines is 2. The van der Waals surface area contributed by atoms with E-state index < -0.39 is 4.87 Å². The van der Waals surface area contributed by atoms with E-state index in [1.54, 1.807) is 4.90 Å². The van der Waals surface area contributed by atoms with Crippen LogP contribution in [-0.4, -0.2) is 42.3 Å². The summed E-state index contributed by atoms with van der Waals surface area (Å²) in [6.45, 7) is 5.05. The van der Waals surface area contributed by atoms with E-state index in [0.717, 1.165) is 61.5 Å². The number of nitrogens with zero attached hydrogens (tertiary/aromatic N) is 3. The molecule has 6 rings (SSSR count). The van der Waals surface area contributed by atoms with Crippen LogP contribution in [-0.2, 0) is 27.4 Å². The lowest BCUT2D eigenvalue weighted by Gasteiger charge is -2.35.